The van der Waals surface area contributed by atoms with Crippen molar-refractivity contribution in [2.75, 3.05) is 31.1 Å². The van der Waals surface area contributed by atoms with E-state index in [2.05, 4.69) is 4.98 Å². The number of anilines is 1. The van der Waals surface area contributed by atoms with Crippen LogP contribution in [0.25, 0.3) is 10.9 Å². The average Bonchev–Trinajstić information content (AvgIpc) is 2.83. The highest BCUT2D eigenvalue weighted by Crippen LogP contribution is 2.20. The van der Waals surface area contributed by atoms with Crippen molar-refractivity contribution in [2.24, 2.45) is 0 Å². The molecule has 1 saturated heterocycles. The lowest BCUT2D eigenvalue weighted by atomic mass is 10.2. The maximum atomic E-state index is 12.5. The highest BCUT2D eigenvalue weighted by Gasteiger charge is 2.19. The first-order valence-electron chi connectivity index (χ1n) is 7.89. The minimum atomic E-state index is -1.11. The molecule has 0 radical (unpaired) electrons. The summed E-state index contributed by atoms with van der Waals surface area (Å²) in [7, 11) is 0. The molecule has 0 atom stereocenters. The molecule has 0 unspecified atom stereocenters. The molecule has 2 aromatic rings. The number of hydrogen-bond donors (Lipinski definition) is 2. The van der Waals surface area contributed by atoms with Gasteiger partial charge in [0.05, 0.1) is 17.2 Å². The van der Waals surface area contributed by atoms with E-state index in [-0.39, 0.29) is 0 Å². The zero-order valence-corrected chi connectivity index (χ0v) is 13.5. The number of carboxylic acids is 1. The van der Waals surface area contributed by atoms with Crippen LogP contribution in [0, 0.1) is 0 Å². The smallest absolute Gasteiger partial charge is 0.407 e. The lowest BCUT2D eigenvalue weighted by Crippen LogP contribution is -2.34. The minimum Gasteiger partial charge on any atom is -0.480 e. The molecule has 1 aliphatic heterocycles. The largest absolute Gasteiger partial charge is 0.480 e. The Morgan fingerprint density at radius 3 is 2.64 bits per heavy atom. The molecule has 1 aliphatic rings. The number of aromatic nitrogens is 2. The second kappa shape index (κ2) is 6.80. The Labute approximate surface area is 142 Å². The van der Waals surface area contributed by atoms with E-state index in [1.54, 1.807) is 12.1 Å². The lowest BCUT2D eigenvalue weighted by Gasteiger charge is -2.23. The first-order valence-corrected chi connectivity index (χ1v) is 7.89. The van der Waals surface area contributed by atoms with Crippen molar-refractivity contribution in [3.05, 3.63) is 34.9 Å². The van der Waals surface area contributed by atoms with Gasteiger partial charge in [0.2, 0.25) is 0 Å². The second-order valence-corrected chi connectivity index (χ2v) is 5.88. The van der Waals surface area contributed by atoms with Gasteiger partial charge in [-0.15, -0.1) is 0 Å². The molecule has 1 aromatic heterocycles. The Morgan fingerprint density at radius 2 is 1.92 bits per heavy atom. The maximum Gasteiger partial charge on any atom is 0.407 e. The highest BCUT2D eigenvalue weighted by atomic mass is 16.4. The fourth-order valence-electron chi connectivity index (χ4n) is 2.97. The zero-order valence-electron chi connectivity index (χ0n) is 13.5. The molecule has 2 N–H and O–H groups in total. The van der Waals surface area contributed by atoms with E-state index in [4.69, 9.17) is 10.2 Å². The molecule has 0 saturated carbocycles. The fourth-order valence-corrected chi connectivity index (χ4v) is 2.97. The van der Waals surface area contributed by atoms with Gasteiger partial charge in [0.15, 0.2) is 0 Å². The van der Waals surface area contributed by atoms with Crippen LogP contribution in [0.3, 0.4) is 0 Å². The molecule has 9 nitrogen and oxygen atoms in total. The fraction of sp³-hybridized carbons (Fsp3) is 0.375. The molecule has 0 aliphatic carbocycles. The number of aliphatic carboxylic acids is 1. The van der Waals surface area contributed by atoms with Gasteiger partial charge in [-0.1, -0.05) is 0 Å². The van der Waals surface area contributed by atoms with E-state index in [0.29, 0.717) is 43.5 Å². The van der Waals surface area contributed by atoms with Crippen LogP contribution in [0.5, 0.6) is 0 Å². The molecule has 2 heterocycles. The van der Waals surface area contributed by atoms with Gasteiger partial charge in [0.25, 0.3) is 5.56 Å². The van der Waals surface area contributed by atoms with Crippen LogP contribution in [-0.2, 0) is 11.3 Å². The number of hydrogen-bond acceptors (Lipinski definition) is 5. The summed E-state index contributed by atoms with van der Waals surface area (Å²) in [5, 5.41) is 18.3. The monoisotopic (exact) mass is 346 g/mol. The topological polar surface area (TPSA) is 116 Å². The molecule has 1 fully saturated rings. The third-order valence-corrected chi connectivity index (χ3v) is 4.24. The first-order chi connectivity index (χ1) is 12.0. The number of rotatable bonds is 3. The second-order valence-electron chi connectivity index (χ2n) is 5.88. The SMILES string of the molecule is O=C(O)Cn1cnc2ccc(N3CCCN(C(=O)O)CC3)cc2c1=O. The van der Waals surface area contributed by atoms with E-state index in [0.717, 1.165) is 10.3 Å². The third-order valence-electron chi connectivity index (χ3n) is 4.24. The van der Waals surface area contributed by atoms with Crippen molar-refractivity contribution in [2.45, 2.75) is 13.0 Å². The van der Waals surface area contributed by atoms with Crippen molar-refractivity contribution in [1.29, 1.82) is 0 Å². The summed E-state index contributed by atoms with van der Waals surface area (Å²) in [6.07, 6.45) is 0.997. The van der Waals surface area contributed by atoms with Gasteiger partial charge in [-0.2, -0.15) is 0 Å². The predicted octanol–water partition coefficient (Wildman–Crippen LogP) is 0.671. The van der Waals surface area contributed by atoms with Crippen LogP contribution in [0.2, 0.25) is 0 Å². The molecule has 0 spiro atoms. The summed E-state index contributed by atoms with van der Waals surface area (Å²) in [5.41, 5.74) is 0.889. The number of carboxylic acid groups (broad SMARTS) is 2. The third kappa shape index (κ3) is 3.54. The maximum absolute atomic E-state index is 12.5. The molecular formula is C16H18N4O5. The standard InChI is InChI=1S/C16H18N4O5/c21-14(22)9-20-10-17-13-3-2-11(8-12(13)15(20)23)18-4-1-5-19(7-6-18)16(24)25/h2-3,8,10H,1,4-7,9H2,(H,21,22)(H,24,25). The molecule has 1 amide bonds. The highest BCUT2D eigenvalue weighted by molar-refractivity contribution is 5.82. The summed E-state index contributed by atoms with van der Waals surface area (Å²) in [6, 6.07) is 5.25. The summed E-state index contributed by atoms with van der Waals surface area (Å²) in [6.45, 7) is 1.64. The molecule has 132 valence electrons. The summed E-state index contributed by atoms with van der Waals surface area (Å²) >= 11 is 0. The Hall–Kier alpha value is -3.10. The van der Waals surface area contributed by atoms with Crippen LogP contribution in [0.4, 0.5) is 10.5 Å². The number of amides is 1. The lowest BCUT2D eigenvalue weighted by molar-refractivity contribution is -0.137. The first kappa shape index (κ1) is 16.7. The van der Waals surface area contributed by atoms with E-state index in [1.165, 1.54) is 11.2 Å². The Balaban J connectivity index is 1.92. The van der Waals surface area contributed by atoms with E-state index >= 15 is 0 Å². The van der Waals surface area contributed by atoms with Crippen molar-refractivity contribution in [1.82, 2.24) is 14.5 Å². The number of carbonyl (C=O) groups is 2. The van der Waals surface area contributed by atoms with Crippen LogP contribution < -0.4 is 10.5 Å². The number of fused-ring (bicyclic) bond motifs is 1. The van der Waals surface area contributed by atoms with Crippen molar-refractivity contribution in [3.8, 4) is 0 Å². The van der Waals surface area contributed by atoms with E-state index < -0.39 is 24.2 Å². The van der Waals surface area contributed by atoms with Crippen LogP contribution in [0.15, 0.2) is 29.3 Å². The van der Waals surface area contributed by atoms with Gasteiger partial charge in [-0.05, 0) is 24.6 Å². The van der Waals surface area contributed by atoms with E-state index in [9.17, 15) is 14.4 Å². The van der Waals surface area contributed by atoms with E-state index in [1.807, 2.05) is 11.0 Å². The average molecular weight is 346 g/mol. The van der Waals surface area contributed by atoms with Crippen molar-refractivity contribution >= 4 is 28.7 Å². The Bertz CT molecular complexity index is 878. The molecule has 1 aromatic carbocycles. The normalized spacial score (nSPS) is 15.2. The van der Waals surface area contributed by atoms with Crippen molar-refractivity contribution < 1.29 is 19.8 Å². The van der Waals surface area contributed by atoms with Crippen molar-refractivity contribution in [3.63, 3.8) is 0 Å². The Kier molecular flexibility index (Phi) is 4.55. The summed E-state index contributed by atoms with van der Waals surface area (Å²) in [4.78, 5) is 41.9. The molecule has 25 heavy (non-hydrogen) atoms. The molecule has 9 heteroatoms. The van der Waals surface area contributed by atoms with Gasteiger partial charge >= 0.3 is 12.1 Å². The van der Waals surface area contributed by atoms with Gasteiger partial charge in [-0.25, -0.2) is 9.78 Å². The summed E-state index contributed by atoms with van der Waals surface area (Å²) < 4.78 is 1.06. The molecule has 0 bridgehead atoms. The number of benzene rings is 1. The number of nitrogens with zero attached hydrogens (tertiary/aromatic N) is 4. The quantitative estimate of drug-likeness (QED) is 0.839. The van der Waals surface area contributed by atoms with Gasteiger partial charge in [-0.3, -0.25) is 14.2 Å². The summed E-state index contributed by atoms with van der Waals surface area (Å²) in [5.74, 6) is -1.11. The van der Waals surface area contributed by atoms with Gasteiger partial charge in [0, 0.05) is 31.9 Å². The van der Waals surface area contributed by atoms with Gasteiger partial charge in [0.1, 0.15) is 6.54 Å². The van der Waals surface area contributed by atoms with Crippen LogP contribution in [-0.4, -0.2) is 62.9 Å². The van der Waals surface area contributed by atoms with Crippen LogP contribution >= 0.6 is 0 Å². The van der Waals surface area contributed by atoms with Gasteiger partial charge < -0.3 is 20.0 Å². The van der Waals surface area contributed by atoms with Crippen LogP contribution in [0.1, 0.15) is 6.42 Å². The Morgan fingerprint density at radius 1 is 1.12 bits per heavy atom. The molecule has 3 rings (SSSR count). The zero-order chi connectivity index (χ0) is 18.0. The predicted molar refractivity (Wildman–Crippen MR) is 90.1 cm³/mol. The minimum absolute atomic E-state index is 0.348. The molecular weight excluding hydrogens is 328 g/mol.